The first kappa shape index (κ1) is 12.4. The minimum atomic E-state index is -0.903. The molecule has 0 aliphatic carbocycles. The zero-order valence-corrected chi connectivity index (χ0v) is 9.53. The highest BCUT2D eigenvalue weighted by Gasteiger charge is 2.18. The minimum Gasteiger partial charge on any atom is -0.457 e. The highest BCUT2D eigenvalue weighted by atomic mass is 16.6. The van der Waals surface area contributed by atoms with E-state index >= 15 is 0 Å². The van der Waals surface area contributed by atoms with Gasteiger partial charge in [0.15, 0.2) is 6.61 Å². The number of rotatable bonds is 3. The normalized spacial score (nSPS) is 11.4. The van der Waals surface area contributed by atoms with Crippen molar-refractivity contribution in [2.45, 2.75) is 33.8 Å². The molecule has 0 aliphatic heterocycles. The molecule has 0 aromatic carbocycles. The van der Waals surface area contributed by atoms with Gasteiger partial charge in [0.05, 0.1) is 6.42 Å². The molecule has 0 bridgehead atoms. The molecule has 0 atom stereocenters. The second kappa shape index (κ2) is 4.42. The van der Waals surface area contributed by atoms with E-state index in [2.05, 4.69) is 8.83 Å². The van der Waals surface area contributed by atoms with E-state index in [9.17, 15) is 9.59 Å². The number of carbonyl (C=O) groups is 1. The van der Waals surface area contributed by atoms with E-state index < -0.39 is 5.82 Å². The highest BCUT2D eigenvalue weighted by molar-refractivity contribution is 5.70. The summed E-state index contributed by atoms with van der Waals surface area (Å²) in [7, 11) is 0. The number of nitrogen functional groups attached to an aromatic ring is 1. The number of anilines is 1. The van der Waals surface area contributed by atoms with Crippen LogP contribution in [0, 0.1) is 5.41 Å². The number of esters is 1. The molecule has 6 heteroatoms. The lowest BCUT2D eigenvalue weighted by Crippen LogP contribution is -2.15. The largest absolute Gasteiger partial charge is 0.520 e. The molecule has 0 fully saturated rings. The quantitative estimate of drug-likeness (QED) is 0.784. The second-order valence-electron chi connectivity index (χ2n) is 4.64. The third kappa shape index (κ3) is 3.80. The summed E-state index contributed by atoms with van der Waals surface area (Å²) in [6.45, 7) is 5.56. The molecule has 1 rings (SSSR count). The number of nitrogens with two attached hydrogens (primary N) is 1. The fourth-order valence-electron chi connectivity index (χ4n) is 1.05. The van der Waals surface area contributed by atoms with Crippen LogP contribution >= 0.6 is 0 Å². The minimum absolute atomic E-state index is 0.0345. The summed E-state index contributed by atoms with van der Waals surface area (Å²) in [6, 6.07) is 0. The molecule has 6 nitrogen and oxygen atoms in total. The molecule has 1 heterocycles. The summed E-state index contributed by atoms with van der Waals surface area (Å²) >= 11 is 0. The lowest BCUT2D eigenvalue weighted by molar-refractivity contribution is -0.147. The molecule has 90 valence electrons. The van der Waals surface area contributed by atoms with Gasteiger partial charge in [-0.3, -0.25) is 4.79 Å². The molecule has 1 aromatic heterocycles. The van der Waals surface area contributed by atoms with Crippen molar-refractivity contribution in [3.8, 4) is 0 Å². The van der Waals surface area contributed by atoms with Crippen molar-refractivity contribution in [1.29, 1.82) is 0 Å². The van der Waals surface area contributed by atoms with Crippen LogP contribution < -0.4 is 11.6 Å². The monoisotopic (exact) mass is 229 g/mol. The maximum absolute atomic E-state index is 11.3. The Morgan fingerprint density at radius 1 is 1.38 bits per heavy atom. The summed E-state index contributed by atoms with van der Waals surface area (Å²) in [5.74, 6) is -1.41. The van der Waals surface area contributed by atoms with Gasteiger partial charge in [0.25, 0.3) is 0 Å². The summed E-state index contributed by atoms with van der Waals surface area (Å²) < 4.78 is 13.9. The Bertz CT molecular complexity index is 423. The van der Waals surface area contributed by atoms with E-state index in [0.717, 1.165) is 0 Å². The van der Waals surface area contributed by atoms with Gasteiger partial charge < -0.3 is 19.3 Å². The number of hydrogen-bond acceptors (Lipinski definition) is 6. The molecule has 0 saturated carbocycles. The van der Waals surface area contributed by atoms with Gasteiger partial charge in [-0.15, -0.1) is 0 Å². The SMILES string of the molecule is CC(C)(C)CC(=O)OCc1oc(=O)oc1N. The van der Waals surface area contributed by atoms with Crippen LogP contribution in [0.25, 0.3) is 0 Å². The Balaban J connectivity index is 2.49. The van der Waals surface area contributed by atoms with Gasteiger partial charge in [-0.25, -0.2) is 4.79 Å². The molecule has 2 N–H and O–H groups in total. The summed E-state index contributed by atoms with van der Waals surface area (Å²) in [5, 5.41) is 0. The maximum Gasteiger partial charge on any atom is 0.520 e. The van der Waals surface area contributed by atoms with Crippen LogP contribution in [0.4, 0.5) is 5.88 Å². The molecule has 0 aliphatic rings. The Kier molecular flexibility index (Phi) is 3.41. The van der Waals surface area contributed by atoms with Crippen LogP contribution in [0.15, 0.2) is 13.6 Å². The predicted molar refractivity (Wildman–Crippen MR) is 55.5 cm³/mol. The van der Waals surface area contributed by atoms with Crippen molar-refractivity contribution >= 4 is 11.9 Å². The smallest absolute Gasteiger partial charge is 0.457 e. The van der Waals surface area contributed by atoms with Crippen molar-refractivity contribution in [1.82, 2.24) is 0 Å². The molecule has 1 aromatic rings. The average Bonchev–Trinajstić information content (AvgIpc) is 2.38. The first-order chi connectivity index (χ1) is 7.28. The fourth-order valence-corrected chi connectivity index (χ4v) is 1.05. The van der Waals surface area contributed by atoms with Crippen LogP contribution in [0.5, 0.6) is 0 Å². The van der Waals surface area contributed by atoms with Crippen molar-refractivity contribution in [2.75, 3.05) is 5.73 Å². The topological polar surface area (TPSA) is 95.7 Å². The first-order valence-electron chi connectivity index (χ1n) is 4.82. The van der Waals surface area contributed by atoms with Crippen LogP contribution in [0.1, 0.15) is 33.0 Å². The van der Waals surface area contributed by atoms with E-state index in [4.69, 9.17) is 10.5 Å². The van der Waals surface area contributed by atoms with E-state index in [0.29, 0.717) is 0 Å². The fraction of sp³-hybridized carbons (Fsp3) is 0.600. The Labute approximate surface area is 92.4 Å². The number of carbonyl (C=O) groups excluding carboxylic acids is 1. The summed E-state index contributed by atoms with van der Waals surface area (Å²) in [5.41, 5.74) is 5.15. The zero-order valence-electron chi connectivity index (χ0n) is 9.53. The molecule has 0 amide bonds. The van der Waals surface area contributed by atoms with Gasteiger partial charge in [-0.2, -0.15) is 0 Å². The first-order valence-corrected chi connectivity index (χ1v) is 4.82. The van der Waals surface area contributed by atoms with Gasteiger partial charge in [0.1, 0.15) is 0 Å². The Morgan fingerprint density at radius 3 is 2.44 bits per heavy atom. The Hall–Kier alpha value is -1.72. The summed E-state index contributed by atoms with van der Waals surface area (Å²) in [4.78, 5) is 22.0. The lowest BCUT2D eigenvalue weighted by atomic mass is 9.92. The van der Waals surface area contributed by atoms with Crippen LogP contribution in [0.2, 0.25) is 0 Å². The second-order valence-corrected chi connectivity index (χ2v) is 4.64. The van der Waals surface area contributed by atoms with E-state index in [1.165, 1.54) is 0 Å². The third-order valence-corrected chi connectivity index (χ3v) is 1.71. The molecular weight excluding hydrogens is 214 g/mol. The van der Waals surface area contributed by atoms with Crippen LogP contribution in [-0.2, 0) is 16.1 Å². The number of ether oxygens (including phenoxy) is 1. The number of hydrogen-bond donors (Lipinski definition) is 1. The average molecular weight is 229 g/mol. The van der Waals surface area contributed by atoms with Crippen molar-refractivity contribution < 1.29 is 18.4 Å². The van der Waals surface area contributed by atoms with Crippen molar-refractivity contribution in [2.24, 2.45) is 5.41 Å². The van der Waals surface area contributed by atoms with Gasteiger partial charge in [-0.05, 0) is 5.41 Å². The molecule has 0 unspecified atom stereocenters. The lowest BCUT2D eigenvalue weighted by Gasteiger charge is -2.16. The predicted octanol–water partition coefficient (Wildman–Crippen LogP) is 1.29. The molecule has 0 radical (unpaired) electrons. The summed E-state index contributed by atoms with van der Waals surface area (Å²) in [6.07, 6.45) is 0.273. The standard InChI is InChI=1S/C10H15NO5/c1-10(2,3)4-7(12)14-5-6-8(11)16-9(13)15-6/h4-5,11H2,1-3H3. The molecule has 16 heavy (non-hydrogen) atoms. The van der Waals surface area contributed by atoms with E-state index in [1.807, 2.05) is 20.8 Å². The zero-order chi connectivity index (χ0) is 12.3. The molecule has 0 spiro atoms. The molecule has 0 saturated heterocycles. The van der Waals surface area contributed by atoms with Crippen LogP contribution in [-0.4, -0.2) is 5.97 Å². The van der Waals surface area contributed by atoms with E-state index in [1.54, 1.807) is 0 Å². The van der Waals surface area contributed by atoms with Gasteiger partial charge in [0, 0.05) is 0 Å². The van der Waals surface area contributed by atoms with E-state index in [-0.39, 0.29) is 36.1 Å². The van der Waals surface area contributed by atoms with Crippen LogP contribution in [0.3, 0.4) is 0 Å². The maximum atomic E-state index is 11.3. The van der Waals surface area contributed by atoms with Gasteiger partial charge >= 0.3 is 11.8 Å². The van der Waals surface area contributed by atoms with Gasteiger partial charge in [0.2, 0.25) is 11.6 Å². The van der Waals surface area contributed by atoms with Gasteiger partial charge in [-0.1, -0.05) is 20.8 Å². The highest BCUT2D eigenvalue weighted by Crippen LogP contribution is 2.19. The Morgan fingerprint density at radius 2 is 2.00 bits per heavy atom. The molecular formula is C10H15NO5. The third-order valence-electron chi connectivity index (χ3n) is 1.71. The van der Waals surface area contributed by atoms with Crippen molar-refractivity contribution in [3.05, 3.63) is 16.4 Å². The van der Waals surface area contributed by atoms with Crippen molar-refractivity contribution in [3.63, 3.8) is 0 Å².